The summed E-state index contributed by atoms with van der Waals surface area (Å²) in [5.41, 5.74) is 0.777. The number of nitrogens with zero attached hydrogens (tertiary/aromatic N) is 2. The van der Waals surface area contributed by atoms with Crippen LogP contribution in [-0.4, -0.2) is 62.0 Å². The van der Waals surface area contributed by atoms with Gasteiger partial charge in [0, 0.05) is 31.9 Å². The predicted octanol–water partition coefficient (Wildman–Crippen LogP) is 5.27. The van der Waals surface area contributed by atoms with E-state index in [1.807, 2.05) is 37.8 Å². The molecule has 0 spiro atoms. The van der Waals surface area contributed by atoms with Gasteiger partial charge in [-0.1, -0.05) is 12.8 Å². The molecule has 0 atom stereocenters. The lowest BCUT2D eigenvalue weighted by atomic mass is 9.85. The fourth-order valence-electron chi connectivity index (χ4n) is 4.78. The normalized spacial score (nSPS) is 18.0. The number of hydrogen-bond acceptors (Lipinski definition) is 6. The zero-order valence-corrected chi connectivity index (χ0v) is 21.4. The van der Waals surface area contributed by atoms with Crippen LogP contribution < -0.4 is 9.64 Å². The van der Waals surface area contributed by atoms with E-state index >= 15 is 0 Å². The van der Waals surface area contributed by atoms with Gasteiger partial charge in [0.25, 0.3) is 0 Å². The van der Waals surface area contributed by atoms with Gasteiger partial charge in [0.05, 0.1) is 6.61 Å². The third-order valence-electron chi connectivity index (χ3n) is 6.73. The van der Waals surface area contributed by atoms with E-state index in [0.29, 0.717) is 12.4 Å². The SMILES string of the molecule is CCOC(=O)COc1ccc(N2CCC(CCC3CCN(C(=O)OC(C)(C)C)CC3)CC2)cc1. The molecule has 7 nitrogen and oxygen atoms in total. The molecule has 0 radical (unpaired) electrons. The molecule has 0 saturated carbocycles. The van der Waals surface area contributed by atoms with Crippen LogP contribution in [-0.2, 0) is 14.3 Å². The van der Waals surface area contributed by atoms with Gasteiger partial charge in [-0.15, -0.1) is 0 Å². The first-order valence-corrected chi connectivity index (χ1v) is 12.8. The lowest BCUT2D eigenvalue weighted by Gasteiger charge is -2.36. The molecule has 0 aliphatic carbocycles. The summed E-state index contributed by atoms with van der Waals surface area (Å²) in [6.45, 7) is 11.6. The van der Waals surface area contributed by atoms with Crippen molar-refractivity contribution in [2.75, 3.05) is 44.3 Å². The second-order valence-corrected chi connectivity index (χ2v) is 10.5. The van der Waals surface area contributed by atoms with Gasteiger partial charge in [0.1, 0.15) is 11.4 Å². The highest BCUT2D eigenvalue weighted by molar-refractivity contribution is 5.71. The summed E-state index contributed by atoms with van der Waals surface area (Å²) in [6.07, 6.45) is 6.99. The highest BCUT2D eigenvalue weighted by atomic mass is 16.6. The van der Waals surface area contributed by atoms with Gasteiger partial charge in [-0.2, -0.15) is 0 Å². The Morgan fingerprint density at radius 1 is 0.912 bits per heavy atom. The van der Waals surface area contributed by atoms with E-state index in [1.165, 1.54) is 31.4 Å². The number of ether oxygens (including phenoxy) is 3. The van der Waals surface area contributed by atoms with Crippen molar-refractivity contribution < 1.29 is 23.8 Å². The second-order valence-electron chi connectivity index (χ2n) is 10.5. The number of rotatable bonds is 8. The molecule has 190 valence electrons. The smallest absolute Gasteiger partial charge is 0.410 e. The molecular formula is C27H42N2O5. The Kier molecular flexibility index (Phi) is 9.48. The topological polar surface area (TPSA) is 68.3 Å². The van der Waals surface area contributed by atoms with E-state index in [1.54, 1.807) is 6.92 Å². The Balaban J connectivity index is 1.33. The molecule has 0 bridgehead atoms. The molecule has 0 unspecified atom stereocenters. The lowest BCUT2D eigenvalue weighted by molar-refractivity contribution is -0.145. The third-order valence-corrected chi connectivity index (χ3v) is 6.73. The Morgan fingerprint density at radius 2 is 1.47 bits per heavy atom. The van der Waals surface area contributed by atoms with Crippen LogP contribution in [0.1, 0.15) is 66.2 Å². The first-order chi connectivity index (χ1) is 16.2. The summed E-state index contributed by atoms with van der Waals surface area (Å²) >= 11 is 0. The minimum Gasteiger partial charge on any atom is -0.482 e. The Bertz CT molecular complexity index is 773. The molecule has 0 aromatic heterocycles. The summed E-state index contributed by atoms with van der Waals surface area (Å²) in [5.74, 6) is 1.85. The molecule has 2 fully saturated rings. The first-order valence-electron chi connectivity index (χ1n) is 12.8. The summed E-state index contributed by atoms with van der Waals surface area (Å²) in [6, 6.07) is 7.98. The summed E-state index contributed by atoms with van der Waals surface area (Å²) < 4.78 is 15.9. The van der Waals surface area contributed by atoms with Crippen LogP contribution in [0.15, 0.2) is 24.3 Å². The van der Waals surface area contributed by atoms with Crippen molar-refractivity contribution in [2.24, 2.45) is 11.8 Å². The summed E-state index contributed by atoms with van der Waals surface area (Å²) in [5, 5.41) is 0. The average Bonchev–Trinajstić information content (AvgIpc) is 2.81. The number of carbonyl (C=O) groups is 2. The molecule has 3 rings (SSSR count). The number of anilines is 1. The van der Waals surface area contributed by atoms with Gasteiger partial charge in [0.15, 0.2) is 6.61 Å². The largest absolute Gasteiger partial charge is 0.482 e. The van der Waals surface area contributed by atoms with E-state index in [-0.39, 0.29) is 18.7 Å². The molecular weight excluding hydrogens is 432 g/mol. The zero-order valence-electron chi connectivity index (χ0n) is 21.4. The maximum absolute atomic E-state index is 12.2. The molecule has 1 aromatic carbocycles. The van der Waals surface area contributed by atoms with Crippen LogP contribution in [0, 0.1) is 11.8 Å². The molecule has 2 saturated heterocycles. The van der Waals surface area contributed by atoms with Crippen molar-refractivity contribution >= 4 is 17.7 Å². The van der Waals surface area contributed by atoms with Crippen molar-refractivity contribution in [3.8, 4) is 5.75 Å². The number of benzene rings is 1. The number of hydrogen-bond donors (Lipinski definition) is 0. The van der Waals surface area contributed by atoms with Gasteiger partial charge >= 0.3 is 12.1 Å². The zero-order chi connectivity index (χ0) is 24.6. The minimum absolute atomic E-state index is 0.0569. The van der Waals surface area contributed by atoms with Crippen LogP contribution in [0.3, 0.4) is 0 Å². The predicted molar refractivity (Wildman–Crippen MR) is 133 cm³/mol. The minimum atomic E-state index is -0.428. The molecule has 7 heteroatoms. The van der Waals surface area contributed by atoms with E-state index in [2.05, 4.69) is 17.0 Å². The highest BCUT2D eigenvalue weighted by Gasteiger charge is 2.27. The van der Waals surface area contributed by atoms with E-state index in [4.69, 9.17) is 14.2 Å². The quantitative estimate of drug-likeness (QED) is 0.478. The van der Waals surface area contributed by atoms with Crippen LogP contribution in [0.25, 0.3) is 0 Å². The fraction of sp³-hybridized carbons (Fsp3) is 0.704. The monoisotopic (exact) mass is 474 g/mol. The van der Waals surface area contributed by atoms with E-state index < -0.39 is 5.60 Å². The van der Waals surface area contributed by atoms with Crippen molar-refractivity contribution in [1.82, 2.24) is 4.90 Å². The van der Waals surface area contributed by atoms with Crippen molar-refractivity contribution in [1.29, 1.82) is 0 Å². The number of piperidine rings is 2. The van der Waals surface area contributed by atoms with Gasteiger partial charge in [-0.05, 0) is 89.5 Å². The molecule has 0 N–H and O–H groups in total. The van der Waals surface area contributed by atoms with Crippen molar-refractivity contribution in [3.05, 3.63) is 24.3 Å². The second kappa shape index (κ2) is 12.3. The maximum Gasteiger partial charge on any atom is 0.410 e. The van der Waals surface area contributed by atoms with Crippen molar-refractivity contribution in [3.63, 3.8) is 0 Å². The Hall–Kier alpha value is -2.44. The molecule has 1 aromatic rings. The lowest BCUT2D eigenvalue weighted by Crippen LogP contribution is -2.41. The fourth-order valence-corrected chi connectivity index (χ4v) is 4.78. The average molecular weight is 475 g/mol. The van der Waals surface area contributed by atoms with Gasteiger partial charge < -0.3 is 24.0 Å². The molecule has 34 heavy (non-hydrogen) atoms. The van der Waals surface area contributed by atoms with Gasteiger partial charge in [-0.3, -0.25) is 0 Å². The number of likely N-dealkylation sites (tertiary alicyclic amines) is 1. The van der Waals surface area contributed by atoms with E-state index in [9.17, 15) is 9.59 Å². The Morgan fingerprint density at radius 3 is 2.00 bits per heavy atom. The van der Waals surface area contributed by atoms with E-state index in [0.717, 1.165) is 50.9 Å². The van der Waals surface area contributed by atoms with Crippen LogP contribution in [0.4, 0.5) is 10.5 Å². The summed E-state index contributed by atoms with van der Waals surface area (Å²) in [4.78, 5) is 28.0. The van der Waals surface area contributed by atoms with Gasteiger partial charge in [0.2, 0.25) is 0 Å². The number of carbonyl (C=O) groups excluding carboxylic acids is 2. The third kappa shape index (κ3) is 8.41. The van der Waals surface area contributed by atoms with Crippen LogP contribution in [0.5, 0.6) is 5.75 Å². The number of amides is 1. The van der Waals surface area contributed by atoms with Gasteiger partial charge in [-0.25, -0.2) is 9.59 Å². The molecule has 2 aliphatic rings. The standard InChI is InChI=1S/C27H42N2O5/c1-5-32-25(30)20-33-24-10-8-23(9-11-24)28-16-12-21(13-17-28)6-7-22-14-18-29(19-15-22)26(31)34-27(2,3)4/h8-11,21-22H,5-7,12-20H2,1-4H3. The molecule has 2 aliphatic heterocycles. The van der Waals surface area contributed by atoms with Crippen LogP contribution in [0.2, 0.25) is 0 Å². The van der Waals surface area contributed by atoms with Crippen molar-refractivity contribution in [2.45, 2.75) is 71.8 Å². The van der Waals surface area contributed by atoms with Crippen LogP contribution >= 0.6 is 0 Å². The maximum atomic E-state index is 12.2. The number of esters is 1. The molecule has 1 amide bonds. The Labute approximate surface area is 204 Å². The summed E-state index contributed by atoms with van der Waals surface area (Å²) in [7, 11) is 0. The highest BCUT2D eigenvalue weighted by Crippen LogP contribution is 2.31. The molecule has 2 heterocycles. The first kappa shape index (κ1) is 26.2.